The van der Waals surface area contributed by atoms with Crippen LogP contribution in [0.4, 0.5) is 0 Å². The lowest BCUT2D eigenvalue weighted by Crippen LogP contribution is -2.60. The highest BCUT2D eigenvalue weighted by Crippen LogP contribution is 2.36. The van der Waals surface area contributed by atoms with Crippen molar-refractivity contribution < 1.29 is 9.84 Å². The number of fused-ring (bicyclic) bond motifs is 1. The number of aliphatic hydroxyl groups excluding tert-OH is 1. The van der Waals surface area contributed by atoms with Crippen molar-refractivity contribution in [2.24, 2.45) is 12.8 Å². The van der Waals surface area contributed by atoms with Gasteiger partial charge >= 0.3 is 0 Å². The van der Waals surface area contributed by atoms with Gasteiger partial charge in [0.25, 0.3) is 0 Å². The van der Waals surface area contributed by atoms with Crippen molar-refractivity contribution in [3.8, 4) is 0 Å². The monoisotopic (exact) mass is 261 g/mol. The van der Waals surface area contributed by atoms with Crippen molar-refractivity contribution in [1.29, 1.82) is 0 Å². The number of benzene rings is 1. The lowest BCUT2D eigenvalue weighted by molar-refractivity contribution is -0.0797. The fourth-order valence-corrected chi connectivity index (χ4v) is 2.72. The van der Waals surface area contributed by atoms with Crippen LogP contribution in [0.25, 0.3) is 11.0 Å². The molecule has 1 atom stereocenters. The van der Waals surface area contributed by atoms with E-state index in [0.717, 1.165) is 22.4 Å². The van der Waals surface area contributed by atoms with Crippen molar-refractivity contribution in [2.45, 2.75) is 18.4 Å². The van der Waals surface area contributed by atoms with Crippen LogP contribution in [0.2, 0.25) is 0 Å². The molecule has 0 saturated carbocycles. The molecule has 1 unspecified atom stereocenters. The Morgan fingerprint density at radius 3 is 2.84 bits per heavy atom. The molecule has 2 heterocycles. The first-order valence-electron chi connectivity index (χ1n) is 6.46. The van der Waals surface area contributed by atoms with Crippen molar-refractivity contribution in [3.05, 3.63) is 29.6 Å². The molecular formula is C14H19N3O2. The Hall–Kier alpha value is -1.43. The van der Waals surface area contributed by atoms with Crippen LogP contribution in [0.5, 0.6) is 0 Å². The summed E-state index contributed by atoms with van der Waals surface area (Å²) in [6.45, 7) is 3.07. The summed E-state index contributed by atoms with van der Waals surface area (Å²) in [5, 5.41) is 9.36. The molecule has 5 heteroatoms. The summed E-state index contributed by atoms with van der Waals surface area (Å²) in [5.41, 5.74) is 8.97. The highest BCUT2D eigenvalue weighted by molar-refractivity contribution is 5.77. The zero-order chi connectivity index (χ0) is 13.6. The third kappa shape index (κ3) is 1.69. The standard InChI is InChI=1S/C14H19N3O2/c1-9-16-11-5-10(3-4-12(11)17(9)2)14(7-19-8-14)13(15)6-18/h3-5,13,18H,6-8,15H2,1-2H3. The lowest BCUT2D eigenvalue weighted by Gasteiger charge is -2.45. The van der Waals surface area contributed by atoms with E-state index < -0.39 is 0 Å². The second kappa shape index (κ2) is 4.30. The predicted octanol–water partition coefficient (Wildman–Crippen LogP) is 0.469. The van der Waals surface area contributed by atoms with Gasteiger partial charge in [-0.3, -0.25) is 0 Å². The summed E-state index contributed by atoms with van der Waals surface area (Å²) in [4.78, 5) is 4.55. The van der Waals surface area contributed by atoms with E-state index in [1.54, 1.807) is 0 Å². The summed E-state index contributed by atoms with van der Waals surface area (Å²) >= 11 is 0. The molecule has 102 valence electrons. The molecule has 0 aliphatic carbocycles. The first-order valence-corrected chi connectivity index (χ1v) is 6.46. The molecular weight excluding hydrogens is 242 g/mol. The molecule has 0 amide bonds. The van der Waals surface area contributed by atoms with Gasteiger partial charge in [-0.2, -0.15) is 0 Å². The normalized spacial score (nSPS) is 19.4. The number of hydrogen-bond acceptors (Lipinski definition) is 4. The minimum absolute atomic E-state index is 0.0390. The number of nitrogens with zero attached hydrogens (tertiary/aromatic N) is 2. The van der Waals surface area contributed by atoms with Gasteiger partial charge in [0.1, 0.15) is 5.82 Å². The molecule has 1 aromatic carbocycles. The first-order chi connectivity index (χ1) is 9.08. The maximum Gasteiger partial charge on any atom is 0.106 e. The number of aliphatic hydroxyl groups is 1. The van der Waals surface area contributed by atoms with E-state index in [4.69, 9.17) is 10.5 Å². The molecule has 3 N–H and O–H groups in total. The van der Waals surface area contributed by atoms with Crippen LogP contribution < -0.4 is 5.73 Å². The van der Waals surface area contributed by atoms with Crippen LogP contribution in [0.15, 0.2) is 18.2 Å². The van der Waals surface area contributed by atoms with Gasteiger partial charge in [0, 0.05) is 13.1 Å². The SMILES string of the molecule is Cc1nc2cc(C3(C(N)CO)COC3)ccc2n1C. The zero-order valence-electron chi connectivity index (χ0n) is 11.3. The summed E-state index contributed by atoms with van der Waals surface area (Å²) in [5.74, 6) is 0.984. The molecule has 0 bridgehead atoms. The van der Waals surface area contributed by atoms with E-state index in [0.29, 0.717) is 13.2 Å². The summed E-state index contributed by atoms with van der Waals surface area (Å²) in [7, 11) is 2.01. The molecule has 1 aliphatic heterocycles. The van der Waals surface area contributed by atoms with Crippen molar-refractivity contribution >= 4 is 11.0 Å². The number of aryl methyl sites for hydroxylation is 2. The number of rotatable bonds is 3. The summed E-state index contributed by atoms with van der Waals surface area (Å²) in [6.07, 6.45) is 0. The van der Waals surface area contributed by atoms with Gasteiger partial charge in [-0.1, -0.05) is 6.07 Å². The van der Waals surface area contributed by atoms with E-state index in [1.165, 1.54) is 0 Å². The molecule has 1 aromatic heterocycles. The Balaban J connectivity index is 2.10. The van der Waals surface area contributed by atoms with E-state index in [-0.39, 0.29) is 18.1 Å². The number of imidazole rings is 1. The van der Waals surface area contributed by atoms with Gasteiger partial charge in [-0.15, -0.1) is 0 Å². The molecule has 1 fully saturated rings. The Kier molecular flexibility index (Phi) is 2.85. The second-order valence-electron chi connectivity index (χ2n) is 5.36. The molecule has 2 aromatic rings. The first kappa shape index (κ1) is 12.6. The number of aromatic nitrogens is 2. The van der Waals surface area contributed by atoms with Gasteiger partial charge in [-0.25, -0.2) is 4.98 Å². The van der Waals surface area contributed by atoms with Crippen molar-refractivity contribution in [1.82, 2.24) is 9.55 Å². The second-order valence-corrected chi connectivity index (χ2v) is 5.36. The maximum absolute atomic E-state index is 9.36. The van der Waals surface area contributed by atoms with Crippen LogP contribution in [0, 0.1) is 6.92 Å². The number of hydrogen-bond donors (Lipinski definition) is 2. The van der Waals surface area contributed by atoms with E-state index in [9.17, 15) is 5.11 Å². The quantitative estimate of drug-likeness (QED) is 0.842. The zero-order valence-corrected chi connectivity index (χ0v) is 11.3. The van der Waals surface area contributed by atoms with Gasteiger partial charge in [0.2, 0.25) is 0 Å². The van der Waals surface area contributed by atoms with Crippen LogP contribution in [0.3, 0.4) is 0 Å². The Morgan fingerprint density at radius 2 is 2.26 bits per heavy atom. The fourth-order valence-electron chi connectivity index (χ4n) is 2.72. The molecule has 19 heavy (non-hydrogen) atoms. The topological polar surface area (TPSA) is 73.3 Å². The molecule has 3 rings (SSSR count). The Labute approximate surface area is 112 Å². The smallest absolute Gasteiger partial charge is 0.106 e. The van der Waals surface area contributed by atoms with Crippen LogP contribution in [-0.4, -0.2) is 40.5 Å². The van der Waals surface area contributed by atoms with Gasteiger partial charge in [0.15, 0.2) is 0 Å². The predicted molar refractivity (Wildman–Crippen MR) is 73.0 cm³/mol. The highest BCUT2D eigenvalue weighted by Gasteiger charge is 2.45. The maximum atomic E-state index is 9.36. The average molecular weight is 261 g/mol. The van der Waals surface area contributed by atoms with Gasteiger partial charge in [0.05, 0.1) is 36.3 Å². The Morgan fingerprint density at radius 1 is 1.53 bits per heavy atom. The van der Waals surface area contributed by atoms with E-state index in [2.05, 4.69) is 27.8 Å². The van der Waals surface area contributed by atoms with E-state index in [1.807, 2.05) is 14.0 Å². The Bertz CT molecular complexity index is 616. The largest absolute Gasteiger partial charge is 0.395 e. The van der Waals surface area contributed by atoms with Crippen LogP contribution >= 0.6 is 0 Å². The highest BCUT2D eigenvalue weighted by atomic mass is 16.5. The third-order valence-corrected chi connectivity index (χ3v) is 4.31. The van der Waals surface area contributed by atoms with Crippen molar-refractivity contribution in [3.63, 3.8) is 0 Å². The lowest BCUT2D eigenvalue weighted by atomic mass is 9.73. The minimum atomic E-state index is -0.302. The fraction of sp³-hybridized carbons (Fsp3) is 0.500. The molecule has 5 nitrogen and oxygen atoms in total. The molecule has 0 radical (unpaired) electrons. The minimum Gasteiger partial charge on any atom is -0.395 e. The van der Waals surface area contributed by atoms with E-state index >= 15 is 0 Å². The average Bonchev–Trinajstić information content (AvgIpc) is 2.63. The van der Waals surface area contributed by atoms with Gasteiger partial charge < -0.3 is 20.1 Å². The van der Waals surface area contributed by atoms with Gasteiger partial charge in [-0.05, 0) is 24.6 Å². The molecule has 1 saturated heterocycles. The number of nitrogens with two attached hydrogens (primary N) is 1. The molecule has 1 aliphatic rings. The summed E-state index contributed by atoms with van der Waals surface area (Å²) < 4.78 is 7.40. The third-order valence-electron chi connectivity index (χ3n) is 4.31. The van der Waals surface area contributed by atoms with Crippen LogP contribution in [-0.2, 0) is 17.2 Å². The van der Waals surface area contributed by atoms with Crippen molar-refractivity contribution in [2.75, 3.05) is 19.8 Å². The van der Waals surface area contributed by atoms with Crippen LogP contribution in [0.1, 0.15) is 11.4 Å². The summed E-state index contributed by atoms with van der Waals surface area (Å²) in [6, 6.07) is 5.90. The number of ether oxygens (including phenoxy) is 1. The molecule has 0 spiro atoms.